The van der Waals surface area contributed by atoms with Crippen molar-refractivity contribution in [1.29, 1.82) is 0 Å². The number of nitrogens with one attached hydrogen (secondary N) is 1. The average Bonchev–Trinajstić information content (AvgIpc) is 2.70. The molecule has 76 valence electrons. The van der Waals surface area contributed by atoms with Crippen LogP contribution in [0.1, 0.15) is 11.6 Å². The highest BCUT2D eigenvalue weighted by Crippen LogP contribution is 2.28. The quantitative estimate of drug-likeness (QED) is 0.717. The van der Waals surface area contributed by atoms with E-state index in [1.807, 2.05) is 29.9 Å². The maximum Gasteiger partial charge on any atom is 0.308 e. The van der Waals surface area contributed by atoms with Crippen molar-refractivity contribution in [2.75, 3.05) is 13.1 Å². The SMILES string of the molecule is Cn1cccc1[C@H]1CNC[C@H]1C(=O)O. The highest BCUT2D eigenvalue weighted by Gasteiger charge is 2.34. The molecule has 0 spiro atoms. The Hall–Kier alpha value is -1.29. The molecule has 4 nitrogen and oxygen atoms in total. The van der Waals surface area contributed by atoms with Gasteiger partial charge in [-0.15, -0.1) is 0 Å². The molecule has 1 fully saturated rings. The summed E-state index contributed by atoms with van der Waals surface area (Å²) in [6.45, 7) is 1.33. The minimum absolute atomic E-state index is 0.104. The van der Waals surface area contributed by atoms with Crippen LogP contribution in [0.4, 0.5) is 0 Å². The lowest BCUT2D eigenvalue weighted by atomic mass is 9.93. The third-order valence-electron chi connectivity index (χ3n) is 2.90. The lowest BCUT2D eigenvalue weighted by molar-refractivity contribution is -0.141. The van der Waals surface area contributed by atoms with E-state index in [0.717, 1.165) is 12.2 Å². The molecule has 1 aromatic rings. The highest BCUT2D eigenvalue weighted by molar-refractivity contribution is 5.72. The van der Waals surface area contributed by atoms with Crippen molar-refractivity contribution in [3.63, 3.8) is 0 Å². The minimum atomic E-state index is -0.707. The van der Waals surface area contributed by atoms with Crippen molar-refractivity contribution >= 4 is 5.97 Å². The van der Waals surface area contributed by atoms with Crippen molar-refractivity contribution in [2.24, 2.45) is 13.0 Å². The topological polar surface area (TPSA) is 54.3 Å². The third-order valence-corrected chi connectivity index (χ3v) is 2.90. The van der Waals surface area contributed by atoms with Crippen LogP contribution in [0, 0.1) is 5.92 Å². The number of aromatic nitrogens is 1. The Morgan fingerprint density at radius 3 is 3.00 bits per heavy atom. The minimum Gasteiger partial charge on any atom is -0.481 e. The highest BCUT2D eigenvalue weighted by atomic mass is 16.4. The first-order valence-electron chi connectivity index (χ1n) is 4.75. The summed E-state index contributed by atoms with van der Waals surface area (Å²) in [5, 5.41) is 12.1. The van der Waals surface area contributed by atoms with E-state index in [9.17, 15) is 4.79 Å². The largest absolute Gasteiger partial charge is 0.481 e. The molecule has 1 aromatic heterocycles. The first kappa shape index (κ1) is 9.27. The van der Waals surface area contributed by atoms with Crippen LogP contribution >= 0.6 is 0 Å². The van der Waals surface area contributed by atoms with Crippen LogP contribution < -0.4 is 5.32 Å². The second kappa shape index (κ2) is 3.46. The van der Waals surface area contributed by atoms with Gasteiger partial charge < -0.3 is 15.0 Å². The van der Waals surface area contributed by atoms with E-state index in [4.69, 9.17) is 5.11 Å². The van der Waals surface area contributed by atoms with Gasteiger partial charge in [-0.2, -0.15) is 0 Å². The summed E-state index contributed by atoms with van der Waals surface area (Å²) >= 11 is 0. The Kier molecular flexibility index (Phi) is 2.29. The maximum atomic E-state index is 11.0. The fourth-order valence-corrected chi connectivity index (χ4v) is 2.11. The molecule has 0 saturated carbocycles. The monoisotopic (exact) mass is 194 g/mol. The van der Waals surface area contributed by atoms with E-state index >= 15 is 0 Å². The number of carboxylic acid groups (broad SMARTS) is 1. The van der Waals surface area contributed by atoms with Crippen LogP contribution in [0.2, 0.25) is 0 Å². The number of aliphatic carboxylic acids is 1. The molecular formula is C10H14N2O2. The molecule has 4 heteroatoms. The predicted octanol–water partition coefficient (Wildman–Crippen LogP) is 0.413. The Balaban J connectivity index is 2.26. The summed E-state index contributed by atoms with van der Waals surface area (Å²) in [5.74, 6) is -0.891. The normalized spacial score (nSPS) is 26.6. The summed E-state index contributed by atoms with van der Waals surface area (Å²) < 4.78 is 1.99. The summed E-state index contributed by atoms with van der Waals surface area (Å²) in [4.78, 5) is 11.0. The van der Waals surface area contributed by atoms with E-state index in [2.05, 4.69) is 5.32 Å². The van der Waals surface area contributed by atoms with Crippen LogP contribution in [0.15, 0.2) is 18.3 Å². The van der Waals surface area contributed by atoms with Crippen molar-refractivity contribution in [2.45, 2.75) is 5.92 Å². The van der Waals surface area contributed by atoms with E-state index < -0.39 is 5.97 Å². The summed E-state index contributed by atoms with van der Waals surface area (Å²) in [7, 11) is 1.95. The van der Waals surface area contributed by atoms with Crippen LogP contribution in [0.3, 0.4) is 0 Å². The number of carboxylic acids is 1. The van der Waals surface area contributed by atoms with Crippen molar-refractivity contribution in [3.05, 3.63) is 24.0 Å². The van der Waals surface area contributed by atoms with Crippen LogP contribution in [0.25, 0.3) is 0 Å². The van der Waals surface area contributed by atoms with Gasteiger partial charge in [0.05, 0.1) is 5.92 Å². The maximum absolute atomic E-state index is 11.0. The van der Waals surface area contributed by atoms with Gasteiger partial charge in [-0.25, -0.2) is 0 Å². The number of nitrogens with zero attached hydrogens (tertiary/aromatic N) is 1. The van der Waals surface area contributed by atoms with E-state index in [-0.39, 0.29) is 11.8 Å². The zero-order valence-electron chi connectivity index (χ0n) is 8.10. The van der Waals surface area contributed by atoms with Gasteiger partial charge in [-0.05, 0) is 12.1 Å². The molecular weight excluding hydrogens is 180 g/mol. The van der Waals surface area contributed by atoms with E-state index in [1.54, 1.807) is 0 Å². The molecule has 2 atom stereocenters. The van der Waals surface area contributed by atoms with E-state index in [0.29, 0.717) is 6.54 Å². The third kappa shape index (κ3) is 1.42. The molecule has 0 aliphatic carbocycles. The van der Waals surface area contributed by atoms with E-state index in [1.165, 1.54) is 0 Å². The van der Waals surface area contributed by atoms with Gasteiger partial charge in [0.15, 0.2) is 0 Å². The van der Waals surface area contributed by atoms with Crippen LogP contribution in [0.5, 0.6) is 0 Å². The van der Waals surface area contributed by atoms with Gasteiger partial charge in [-0.1, -0.05) is 0 Å². The second-order valence-electron chi connectivity index (χ2n) is 3.75. The van der Waals surface area contributed by atoms with Crippen molar-refractivity contribution in [3.8, 4) is 0 Å². The van der Waals surface area contributed by atoms with Gasteiger partial charge in [0.25, 0.3) is 0 Å². The van der Waals surface area contributed by atoms with Gasteiger partial charge in [0.2, 0.25) is 0 Å². The Morgan fingerprint density at radius 1 is 1.64 bits per heavy atom. The number of aryl methyl sites for hydroxylation is 1. The smallest absolute Gasteiger partial charge is 0.308 e. The number of hydrogen-bond acceptors (Lipinski definition) is 2. The van der Waals surface area contributed by atoms with Crippen molar-refractivity contribution < 1.29 is 9.90 Å². The van der Waals surface area contributed by atoms with Crippen molar-refractivity contribution in [1.82, 2.24) is 9.88 Å². The molecule has 2 rings (SSSR count). The second-order valence-corrected chi connectivity index (χ2v) is 3.75. The molecule has 0 unspecified atom stereocenters. The lowest BCUT2D eigenvalue weighted by Gasteiger charge is -2.15. The zero-order chi connectivity index (χ0) is 10.1. The summed E-state index contributed by atoms with van der Waals surface area (Å²) in [6, 6.07) is 3.94. The summed E-state index contributed by atoms with van der Waals surface area (Å²) in [5.41, 5.74) is 1.10. The van der Waals surface area contributed by atoms with Gasteiger partial charge >= 0.3 is 5.97 Å². The standard InChI is InChI=1S/C10H14N2O2/c1-12-4-2-3-9(12)7-5-11-6-8(7)10(13)14/h2-4,7-8,11H,5-6H2,1H3,(H,13,14)/t7-,8+/m0/s1. The fraction of sp³-hybridized carbons (Fsp3) is 0.500. The molecule has 2 heterocycles. The lowest BCUT2D eigenvalue weighted by Crippen LogP contribution is -2.22. The number of rotatable bonds is 2. The number of hydrogen-bond donors (Lipinski definition) is 2. The molecule has 14 heavy (non-hydrogen) atoms. The molecule has 1 aliphatic rings. The Bertz CT molecular complexity index is 346. The Morgan fingerprint density at radius 2 is 2.43 bits per heavy atom. The molecule has 2 N–H and O–H groups in total. The molecule has 1 aliphatic heterocycles. The zero-order valence-corrected chi connectivity index (χ0v) is 8.10. The molecule has 0 bridgehead atoms. The first-order valence-corrected chi connectivity index (χ1v) is 4.75. The molecule has 0 aromatic carbocycles. The summed E-state index contributed by atoms with van der Waals surface area (Å²) in [6.07, 6.45) is 1.95. The number of carbonyl (C=O) groups is 1. The average molecular weight is 194 g/mol. The van der Waals surface area contributed by atoms with Gasteiger partial charge in [0.1, 0.15) is 0 Å². The predicted molar refractivity (Wildman–Crippen MR) is 52.1 cm³/mol. The van der Waals surface area contributed by atoms with Crippen LogP contribution in [-0.4, -0.2) is 28.7 Å². The van der Waals surface area contributed by atoms with Gasteiger partial charge in [0, 0.05) is 37.9 Å². The molecule has 0 amide bonds. The molecule has 0 radical (unpaired) electrons. The Labute approximate surface area is 82.5 Å². The van der Waals surface area contributed by atoms with Crippen LogP contribution in [-0.2, 0) is 11.8 Å². The molecule has 1 saturated heterocycles. The first-order chi connectivity index (χ1) is 6.70. The fourth-order valence-electron chi connectivity index (χ4n) is 2.11. The van der Waals surface area contributed by atoms with Gasteiger partial charge in [-0.3, -0.25) is 4.79 Å².